The fraction of sp³-hybridized carbons (Fsp3) is 0.150. The molecule has 0 fully saturated rings. The summed E-state index contributed by atoms with van der Waals surface area (Å²) in [6.45, 7) is 2.33. The molecule has 1 aromatic carbocycles. The first kappa shape index (κ1) is 21.3. The Kier molecular flexibility index (Phi) is 6.50. The van der Waals surface area contributed by atoms with Gasteiger partial charge in [-0.2, -0.15) is 0 Å². The Balaban J connectivity index is 1.61. The minimum atomic E-state index is -0.351. The molecule has 2 N–H and O–H groups in total. The van der Waals surface area contributed by atoms with Gasteiger partial charge < -0.3 is 9.88 Å². The number of anilines is 2. The Morgan fingerprint density at radius 3 is 2.77 bits per heavy atom. The van der Waals surface area contributed by atoms with Crippen molar-refractivity contribution in [3.63, 3.8) is 0 Å². The fourth-order valence-corrected chi connectivity index (χ4v) is 4.30. The molecule has 4 rings (SSSR count). The first-order valence-corrected chi connectivity index (χ1v) is 11.3. The van der Waals surface area contributed by atoms with E-state index in [1.54, 1.807) is 10.9 Å². The van der Waals surface area contributed by atoms with Crippen LogP contribution in [0.2, 0.25) is 5.02 Å². The molecule has 31 heavy (non-hydrogen) atoms. The third-order valence-electron chi connectivity index (χ3n) is 4.22. The molecule has 0 bridgehead atoms. The molecule has 0 aliphatic carbocycles. The van der Waals surface area contributed by atoms with Gasteiger partial charge in [-0.1, -0.05) is 29.8 Å². The number of hydrogen-bond acceptors (Lipinski definition) is 8. The monoisotopic (exact) mass is 471 g/mol. The van der Waals surface area contributed by atoms with Crippen molar-refractivity contribution in [1.29, 1.82) is 0 Å². The summed E-state index contributed by atoms with van der Waals surface area (Å²) >= 11 is 8.95. The number of benzene rings is 1. The van der Waals surface area contributed by atoms with E-state index in [0.717, 1.165) is 11.3 Å². The Hall–Kier alpha value is -2.95. The number of amides is 1. The molecule has 3 heterocycles. The van der Waals surface area contributed by atoms with Crippen molar-refractivity contribution < 1.29 is 4.79 Å². The summed E-state index contributed by atoms with van der Waals surface area (Å²) in [5.74, 6) is -0.351. The lowest BCUT2D eigenvalue weighted by Gasteiger charge is -2.13. The molecule has 0 radical (unpaired) electrons. The van der Waals surface area contributed by atoms with Crippen molar-refractivity contribution in [2.45, 2.75) is 23.7 Å². The number of thiazole rings is 1. The number of halogens is 1. The number of pyridine rings is 1. The second kappa shape index (κ2) is 9.46. The molecular weight excluding hydrogens is 454 g/mol. The zero-order chi connectivity index (χ0) is 21.8. The maximum absolute atomic E-state index is 13.0. The number of nitrogens with one attached hydrogen (secondary N) is 2. The van der Waals surface area contributed by atoms with Crippen LogP contribution in [0.5, 0.6) is 0 Å². The summed E-state index contributed by atoms with van der Waals surface area (Å²) in [5, 5.41) is 18.4. The number of rotatable bonds is 7. The number of carbonyl (C=O) groups excluding carboxylic acids is 1. The number of nitrogens with zero attached hydrogens (tertiary/aromatic N) is 5. The largest absolute Gasteiger partial charge is 0.379 e. The van der Waals surface area contributed by atoms with Gasteiger partial charge in [-0.25, -0.2) is 9.97 Å². The van der Waals surface area contributed by atoms with Crippen LogP contribution in [0.3, 0.4) is 0 Å². The predicted molar refractivity (Wildman–Crippen MR) is 123 cm³/mol. The van der Waals surface area contributed by atoms with E-state index in [4.69, 9.17) is 11.6 Å². The predicted octanol–water partition coefficient (Wildman–Crippen LogP) is 4.64. The molecule has 0 saturated carbocycles. The summed E-state index contributed by atoms with van der Waals surface area (Å²) in [4.78, 5) is 21.9. The van der Waals surface area contributed by atoms with Crippen LogP contribution < -0.4 is 10.6 Å². The quantitative estimate of drug-likeness (QED) is 0.405. The molecule has 0 saturated heterocycles. The van der Waals surface area contributed by atoms with E-state index in [-0.39, 0.29) is 11.6 Å². The van der Waals surface area contributed by atoms with Crippen molar-refractivity contribution >= 4 is 51.4 Å². The third-order valence-corrected chi connectivity index (χ3v) is 6.45. The van der Waals surface area contributed by atoms with Crippen LogP contribution in [0.15, 0.2) is 58.3 Å². The minimum Gasteiger partial charge on any atom is -0.379 e. The number of hydrogen-bond donors (Lipinski definition) is 2. The summed E-state index contributed by atoms with van der Waals surface area (Å²) in [7, 11) is 1.85. The smallest absolute Gasteiger partial charge is 0.278 e. The van der Waals surface area contributed by atoms with Gasteiger partial charge in [-0.15, -0.1) is 21.5 Å². The topological polar surface area (TPSA) is 97.6 Å². The molecule has 0 aliphatic heterocycles. The van der Waals surface area contributed by atoms with Crippen molar-refractivity contribution in [3.05, 3.63) is 70.1 Å². The number of aromatic nitrogens is 5. The highest BCUT2D eigenvalue weighted by Crippen LogP contribution is 2.28. The molecule has 4 aromatic rings. The maximum Gasteiger partial charge on any atom is 0.278 e. The van der Waals surface area contributed by atoms with Gasteiger partial charge >= 0.3 is 0 Å². The summed E-state index contributed by atoms with van der Waals surface area (Å²) in [5.41, 5.74) is 2.61. The molecule has 1 amide bonds. The zero-order valence-corrected chi connectivity index (χ0v) is 19.1. The molecule has 0 atom stereocenters. The Morgan fingerprint density at radius 2 is 2.06 bits per heavy atom. The highest BCUT2D eigenvalue weighted by molar-refractivity contribution is 7.99. The van der Waals surface area contributed by atoms with E-state index in [1.807, 2.05) is 55.7 Å². The lowest BCUT2D eigenvalue weighted by Crippen LogP contribution is -2.17. The lowest BCUT2D eigenvalue weighted by molar-refractivity contribution is 0.102. The van der Waals surface area contributed by atoms with Gasteiger partial charge in [0.2, 0.25) is 0 Å². The van der Waals surface area contributed by atoms with Gasteiger partial charge in [0, 0.05) is 24.0 Å². The second-order valence-electron chi connectivity index (χ2n) is 6.57. The third kappa shape index (κ3) is 5.22. The van der Waals surface area contributed by atoms with E-state index >= 15 is 0 Å². The normalized spacial score (nSPS) is 10.8. The van der Waals surface area contributed by atoms with E-state index in [9.17, 15) is 4.79 Å². The lowest BCUT2D eigenvalue weighted by atomic mass is 10.2. The number of carbonyl (C=O) groups is 1. The van der Waals surface area contributed by atoms with Crippen LogP contribution >= 0.6 is 34.7 Å². The van der Waals surface area contributed by atoms with E-state index in [0.29, 0.717) is 32.6 Å². The first-order valence-electron chi connectivity index (χ1n) is 9.23. The van der Waals surface area contributed by atoms with E-state index in [1.165, 1.54) is 23.1 Å². The van der Waals surface area contributed by atoms with Crippen LogP contribution in [0.25, 0.3) is 0 Å². The summed E-state index contributed by atoms with van der Waals surface area (Å²) in [6, 6.07) is 11.2. The molecule has 0 unspecified atom stereocenters. The standard InChI is InChI=1S/C20H18ClN7OS2/c1-12-10-30-19(24-12)26-18(29)17-15(22-9-13-5-3-4-6-14(13)21)7-8-16(25-17)31-20-27-23-11-28(20)2/h3-8,10-11,22H,9H2,1-2H3,(H,24,26,29). The molecule has 158 valence electrons. The van der Waals surface area contributed by atoms with Crippen LogP contribution in [0.1, 0.15) is 21.7 Å². The molecule has 0 aliphatic rings. The van der Waals surface area contributed by atoms with Gasteiger partial charge in [0.25, 0.3) is 5.91 Å². The van der Waals surface area contributed by atoms with Crippen LogP contribution in [0.4, 0.5) is 10.8 Å². The van der Waals surface area contributed by atoms with Crippen molar-refractivity contribution in [2.75, 3.05) is 10.6 Å². The second-order valence-corrected chi connectivity index (χ2v) is 8.82. The molecular formula is C20H18ClN7OS2. The summed E-state index contributed by atoms with van der Waals surface area (Å²) in [6.07, 6.45) is 1.61. The van der Waals surface area contributed by atoms with Crippen LogP contribution in [-0.2, 0) is 13.6 Å². The fourth-order valence-electron chi connectivity index (χ4n) is 2.67. The average molecular weight is 472 g/mol. The van der Waals surface area contributed by atoms with E-state index < -0.39 is 0 Å². The molecule has 8 nitrogen and oxygen atoms in total. The van der Waals surface area contributed by atoms with Crippen LogP contribution in [0, 0.1) is 6.92 Å². The van der Waals surface area contributed by atoms with Gasteiger partial charge in [-0.3, -0.25) is 10.1 Å². The minimum absolute atomic E-state index is 0.257. The maximum atomic E-state index is 13.0. The first-order chi connectivity index (χ1) is 15.0. The van der Waals surface area contributed by atoms with Gasteiger partial charge in [-0.05, 0) is 42.4 Å². The Labute approximate surface area is 192 Å². The van der Waals surface area contributed by atoms with Gasteiger partial charge in [0.15, 0.2) is 16.0 Å². The Bertz CT molecular complexity index is 1220. The number of aryl methyl sites for hydroxylation is 2. The van der Waals surface area contributed by atoms with Gasteiger partial charge in [0.05, 0.1) is 11.4 Å². The van der Waals surface area contributed by atoms with Crippen molar-refractivity contribution in [2.24, 2.45) is 7.05 Å². The molecule has 11 heteroatoms. The van der Waals surface area contributed by atoms with E-state index in [2.05, 4.69) is 30.8 Å². The Morgan fingerprint density at radius 1 is 1.23 bits per heavy atom. The van der Waals surface area contributed by atoms with Crippen LogP contribution in [-0.4, -0.2) is 30.6 Å². The van der Waals surface area contributed by atoms with Crippen molar-refractivity contribution in [3.8, 4) is 0 Å². The highest BCUT2D eigenvalue weighted by Gasteiger charge is 2.18. The van der Waals surface area contributed by atoms with Crippen molar-refractivity contribution in [1.82, 2.24) is 24.7 Å². The highest BCUT2D eigenvalue weighted by atomic mass is 35.5. The molecule has 0 spiro atoms. The van der Waals surface area contributed by atoms with Gasteiger partial charge in [0.1, 0.15) is 11.4 Å². The molecule has 3 aromatic heterocycles. The summed E-state index contributed by atoms with van der Waals surface area (Å²) < 4.78 is 1.79. The zero-order valence-electron chi connectivity index (χ0n) is 16.7. The SMILES string of the molecule is Cc1csc(NC(=O)c2nc(Sc3nncn3C)ccc2NCc2ccccc2Cl)n1. The average Bonchev–Trinajstić information content (AvgIpc) is 3.35.